The molecular weight excluding hydrogens is 477 g/mol. The Hall–Kier alpha value is -4.25. The maximum absolute atomic E-state index is 13.5. The molecule has 3 heterocycles. The molecule has 2 aromatic heterocycles. The van der Waals surface area contributed by atoms with E-state index in [-0.39, 0.29) is 17.4 Å². The molecule has 3 N–H and O–H groups in total. The molecule has 37 heavy (non-hydrogen) atoms. The molecule has 1 aliphatic heterocycles. The molecule has 1 aliphatic rings. The number of H-pyrrole nitrogens is 1. The molecular formula is C26H28FN7O3. The Morgan fingerprint density at radius 1 is 1.08 bits per heavy atom. The standard InChI is InChI=1S/C26H28FN7O3/c1-17(35)28-19-7-8-22-23(15-19)30-31-25(22)29-26(36)24-16-21(37-32-24)6-3-9-33-10-12-34(13-11-33)20-5-2-4-18(27)14-20/h2,4-5,7-8,14-16H,3,6,9-13H2,1H3,(H,28,35)(H2,29,30,31,36). The Bertz CT molecular complexity index is 1410. The molecule has 2 aromatic carbocycles. The van der Waals surface area contributed by atoms with E-state index in [1.54, 1.807) is 36.4 Å². The minimum atomic E-state index is -0.414. The second kappa shape index (κ2) is 10.8. The van der Waals surface area contributed by atoms with Crippen LogP contribution in [0.5, 0.6) is 0 Å². The molecule has 0 spiro atoms. The van der Waals surface area contributed by atoms with Crippen molar-refractivity contribution >= 4 is 39.9 Å². The Labute approximate surface area is 212 Å². The van der Waals surface area contributed by atoms with Crippen molar-refractivity contribution in [1.29, 1.82) is 0 Å². The zero-order chi connectivity index (χ0) is 25.8. The Kier molecular flexibility index (Phi) is 7.13. The fourth-order valence-electron chi connectivity index (χ4n) is 4.48. The first kappa shape index (κ1) is 24.4. The zero-order valence-corrected chi connectivity index (χ0v) is 20.5. The molecule has 10 nitrogen and oxygen atoms in total. The number of benzene rings is 2. The van der Waals surface area contributed by atoms with Crippen molar-refractivity contribution in [3.8, 4) is 0 Å². The number of piperazine rings is 1. The minimum Gasteiger partial charge on any atom is -0.369 e. The molecule has 2 amide bonds. The van der Waals surface area contributed by atoms with Gasteiger partial charge in [0.2, 0.25) is 5.91 Å². The van der Waals surface area contributed by atoms with Gasteiger partial charge in [-0.05, 0) is 49.4 Å². The fourth-order valence-corrected chi connectivity index (χ4v) is 4.48. The number of hydrogen-bond acceptors (Lipinski definition) is 7. The molecule has 1 fully saturated rings. The third-order valence-electron chi connectivity index (χ3n) is 6.35. The molecule has 11 heteroatoms. The molecule has 5 rings (SSSR count). The van der Waals surface area contributed by atoms with Crippen LogP contribution in [0.3, 0.4) is 0 Å². The van der Waals surface area contributed by atoms with Crippen LogP contribution >= 0.6 is 0 Å². The average molecular weight is 506 g/mol. The highest BCUT2D eigenvalue weighted by molar-refractivity contribution is 6.07. The second-order valence-electron chi connectivity index (χ2n) is 9.06. The summed E-state index contributed by atoms with van der Waals surface area (Å²) in [5.41, 5.74) is 2.42. The number of nitrogens with one attached hydrogen (secondary N) is 3. The fraction of sp³-hybridized carbons (Fsp3) is 0.308. The van der Waals surface area contributed by atoms with Gasteiger partial charge in [0, 0.05) is 62.4 Å². The van der Waals surface area contributed by atoms with Gasteiger partial charge in [0.1, 0.15) is 11.6 Å². The van der Waals surface area contributed by atoms with E-state index in [0.717, 1.165) is 44.8 Å². The first-order valence-electron chi connectivity index (χ1n) is 12.2. The third-order valence-corrected chi connectivity index (χ3v) is 6.35. The number of aromatic amines is 1. The Balaban J connectivity index is 1.09. The number of hydrogen-bond donors (Lipinski definition) is 3. The lowest BCUT2D eigenvalue weighted by Crippen LogP contribution is -2.46. The van der Waals surface area contributed by atoms with Gasteiger partial charge < -0.3 is 20.1 Å². The van der Waals surface area contributed by atoms with Crippen molar-refractivity contribution < 1.29 is 18.5 Å². The normalized spacial score (nSPS) is 14.2. The van der Waals surface area contributed by atoms with Crippen LogP contribution in [0, 0.1) is 5.82 Å². The summed E-state index contributed by atoms with van der Waals surface area (Å²) in [5.74, 6) is 0.224. The highest BCUT2D eigenvalue weighted by Gasteiger charge is 2.19. The summed E-state index contributed by atoms with van der Waals surface area (Å²) in [6, 6.07) is 13.6. The van der Waals surface area contributed by atoms with Crippen molar-refractivity contribution in [1.82, 2.24) is 20.3 Å². The molecule has 0 atom stereocenters. The molecule has 192 valence electrons. The van der Waals surface area contributed by atoms with E-state index >= 15 is 0 Å². The van der Waals surface area contributed by atoms with Crippen LogP contribution in [-0.2, 0) is 11.2 Å². The van der Waals surface area contributed by atoms with Gasteiger partial charge in [-0.2, -0.15) is 5.10 Å². The number of amides is 2. The smallest absolute Gasteiger partial charge is 0.279 e. The first-order chi connectivity index (χ1) is 17.9. The number of carbonyl (C=O) groups is 2. The molecule has 1 saturated heterocycles. The van der Waals surface area contributed by atoms with Crippen LogP contribution in [0.4, 0.5) is 21.6 Å². The van der Waals surface area contributed by atoms with E-state index in [2.05, 4.69) is 35.8 Å². The zero-order valence-electron chi connectivity index (χ0n) is 20.5. The monoisotopic (exact) mass is 505 g/mol. The topological polar surface area (TPSA) is 119 Å². The third kappa shape index (κ3) is 5.95. The number of fused-ring (bicyclic) bond motifs is 1. The maximum Gasteiger partial charge on any atom is 0.279 e. The summed E-state index contributed by atoms with van der Waals surface area (Å²) >= 11 is 0. The van der Waals surface area contributed by atoms with Crippen molar-refractivity contribution in [2.24, 2.45) is 0 Å². The largest absolute Gasteiger partial charge is 0.369 e. The van der Waals surface area contributed by atoms with E-state index in [1.165, 1.54) is 13.0 Å². The lowest BCUT2D eigenvalue weighted by molar-refractivity contribution is -0.114. The Morgan fingerprint density at radius 2 is 1.92 bits per heavy atom. The number of halogens is 1. The highest BCUT2D eigenvalue weighted by Crippen LogP contribution is 2.24. The minimum absolute atomic E-state index is 0.169. The maximum atomic E-state index is 13.5. The second-order valence-corrected chi connectivity index (χ2v) is 9.06. The summed E-state index contributed by atoms with van der Waals surface area (Å²) in [6.07, 6.45) is 1.54. The molecule has 0 aliphatic carbocycles. The lowest BCUT2D eigenvalue weighted by atomic mass is 10.2. The first-order valence-corrected chi connectivity index (χ1v) is 12.2. The quantitative estimate of drug-likeness (QED) is 0.334. The van der Waals surface area contributed by atoms with Gasteiger partial charge in [-0.3, -0.25) is 19.6 Å². The number of carbonyl (C=O) groups excluding carboxylic acids is 2. The molecule has 4 aromatic rings. The number of nitrogens with zero attached hydrogens (tertiary/aromatic N) is 4. The average Bonchev–Trinajstić information content (AvgIpc) is 3.51. The molecule has 0 bridgehead atoms. The van der Waals surface area contributed by atoms with Gasteiger partial charge in [0.25, 0.3) is 5.91 Å². The number of aryl methyl sites for hydroxylation is 1. The van der Waals surface area contributed by atoms with Crippen LogP contribution in [0.15, 0.2) is 53.1 Å². The van der Waals surface area contributed by atoms with Crippen molar-refractivity contribution in [3.05, 3.63) is 65.8 Å². The van der Waals surface area contributed by atoms with E-state index in [0.29, 0.717) is 34.6 Å². The predicted octanol–water partition coefficient (Wildman–Crippen LogP) is 3.66. The van der Waals surface area contributed by atoms with E-state index in [4.69, 9.17) is 4.52 Å². The molecule has 0 radical (unpaired) electrons. The van der Waals surface area contributed by atoms with Gasteiger partial charge in [0.05, 0.1) is 5.52 Å². The van der Waals surface area contributed by atoms with Gasteiger partial charge in [0.15, 0.2) is 11.5 Å². The highest BCUT2D eigenvalue weighted by atomic mass is 19.1. The Morgan fingerprint density at radius 3 is 2.70 bits per heavy atom. The molecule has 0 unspecified atom stereocenters. The van der Waals surface area contributed by atoms with Gasteiger partial charge >= 0.3 is 0 Å². The predicted molar refractivity (Wildman–Crippen MR) is 138 cm³/mol. The van der Waals surface area contributed by atoms with E-state index < -0.39 is 5.91 Å². The SMILES string of the molecule is CC(=O)Nc1ccc2c(NC(=O)c3cc(CCCN4CCN(c5cccc(F)c5)CC4)on3)n[nH]c2c1. The molecule has 0 saturated carbocycles. The van der Waals surface area contributed by atoms with E-state index in [9.17, 15) is 14.0 Å². The van der Waals surface area contributed by atoms with Crippen molar-refractivity contribution in [2.75, 3.05) is 48.3 Å². The van der Waals surface area contributed by atoms with Crippen molar-refractivity contribution in [2.45, 2.75) is 19.8 Å². The van der Waals surface area contributed by atoms with Crippen LogP contribution in [0.2, 0.25) is 0 Å². The summed E-state index contributed by atoms with van der Waals surface area (Å²) in [5, 5.41) is 17.1. The number of aromatic nitrogens is 3. The number of rotatable bonds is 8. The summed E-state index contributed by atoms with van der Waals surface area (Å²) in [4.78, 5) is 28.5. The van der Waals surface area contributed by atoms with Crippen LogP contribution in [-0.4, -0.2) is 64.8 Å². The van der Waals surface area contributed by atoms with E-state index in [1.807, 2.05) is 6.07 Å². The van der Waals surface area contributed by atoms with Crippen molar-refractivity contribution in [3.63, 3.8) is 0 Å². The van der Waals surface area contributed by atoms with Crippen LogP contribution < -0.4 is 15.5 Å². The summed E-state index contributed by atoms with van der Waals surface area (Å²) in [7, 11) is 0. The van der Waals surface area contributed by atoms with Crippen LogP contribution in [0.25, 0.3) is 10.9 Å². The van der Waals surface area contributed by atoms with Crippen LogP contribution in [0.1, 0.15) is 29.6 Å². The van der Waals surface area contributed by atoms with Gasteiger partial charge in [-0.15, -0.1) is 0 Å². The van der Waals surface area contributed by atoms with Gasteiger partial charge in [-0.1, -0.05) is 11.2 Å². The number of anilines is 3. The summed E-state index contributed by atoms with van der Waals surface area (Å²) in [6.45, 7) is 5.86. The summed E-state index contributed by atoms with van der Waals surface area (Å²) < 4.78 is 18.9. The van der Waals surface area contributed by atoms with Gasteiger partial charge in [-0.25, -0.2) is 4.39 Å². The lowest BCUT2D eigenvalue weighted by Gasteiger charge is -2.36.